The maximum absolute atomic E-state index is 10.7. The van der Waals surface area contributed by atoms with Crippen LogP contribution in [0.2, 0.25) is 0 Å². The van der Waals surface area contributed by atoms with Crippen molar-refractivity contribution in [3.8, 4) is 10.6 Å². The van der Waals surface area contributed by atoms with Gasteiger partial charge in [0.15, 0.2) is 6.29 Å². The van der Waals surface area contributed by atoms with E-state index >= 15 is 0 Å². The molecule has 2 heterocycles. The summed E-state index contributed by atoms with van der Waals surface area (Å²) in [5, 5.41) is 3.94. The summed E-state index contributed by atoms with van der Waals surface area (Å²) < 4.78 is 0. The minimum absolute atomic E-state index is 0.172. The Morgan fingerprint density at radius 1 is 1.10 bits per heavy atom. The number of fused-ring (bicyclic) bond motifs is 1. The zero-order chi connectivity index (χ0) is 22.4. The van der Waals surface area contributed by atoms with E-state index in [4.69, 9.17) is 0 Å². The van der Waals surface area contributed by atoms with Crippen LogP contribution in [0.3, 0.4) is 0 Å². The van der Waals surface area contributed by atoms with Gasteiger partial charge in [-0.15, -0.1) is 24.0 Å². The first kappa shape index (κ1) is 22.9. The van der Waals surface area contributed by atoms with Gasteiger partial charge in [0.05, 0.1) is 11.2 Å². The van der Waals surface area contributed by atoms with Crippen molar-refractivity contribution >= 4 is 46.8 Å². The van der Waals surface area contributed by atoms with Crippen molar-refractivity contribution in [1.29, 1.82) is 0 Å². The molecule has 2 N–H and O–H groups in total. The van der Waals surface area contributed by atoms with Crippen LogP contribution in [-0.4, -0.2) is 23.3 Å². The molecule has 2 aromatic heterocycles. The number of aromatic nitrogens is 2. The topological polar surface area (TPSA) is 66.9 Å². The van der Waals surface area contributed by atoms with E-state index in [1.807, 2.05) is 42.8 Å². The largest absolute Gasteiger partial charge is 0.321 e. The van der Waals surface area contributed by atoms with Gasteiger partial charge < -0.3 is 5.43 Å². The number of nitrogens with zero attached hydrogens (tertiary/aromatic N) is 2. The second-order valence-corrected chi connectivity index (χ2v) is 9.30. The lowest BCUT2D eigenvalue weighted by atomic mass is 9.87. The number of carbonyl (C=O) groups excluding carboxylic acids is 1. The summed E-state index contributed by atoms with van der Waals surface area (Å²) in [7, 11) is 1.84. The number of anilines is 1. The van der Waals surface area contributed by atoms with Gasteiger partial charge >= 0.3 is 0 Å². The molecule has 4 rings (SSSR count). The lowest BCUT2D eigenvalue weighted by Gasteiger charge is -2.20. The number of thiol groups is 1. The summed E-state index contributed by atoms with van der Waals surface area (Å²) in [4.78, 5) is 20.2. The zero-order valence-corrected chi connectivity index (χ0v) is 19.7. The number of carbonyl (C=O) groups is 1. The van der Waals surface area contributed by atoms with Gasteiger partial charge in [-0.1, -0.05) is 39.0 Å². The summed E-state index contributed by atoms with van der Waals surface area (Å²) in [6.07, 6.45) is 2.54. The van der Waals surface area contributed by atoms with Crippen molar-refractivity contribution in [2.75, 3.05) is 12.5 Å². The van der Waals surface area contributed by atoms with Crippen molar-refractivity contribution in [1.82, 2.24) is 15.4 Å². The highest BCUT2D eigenvalue weighted by Gasteiger charge is 2.14. The minimum Gasteiger partial charge on any atom is -0.321 e. The lowest BCUT2D eigenvalue weighted by molar-refractivity contribution is 0.111. The van der Waals surface area contributed by atoms with E-state index in [0.29, 0.717) is 5.69 Å². The Bertz CT molecular complexity index is 1170. The van der Waals surface area contributed by atoms with Gasteiger partial charge in [-0.2, -0.15) is 0 Å². The second-order valence-electron chi connectivity index (χ2n) is 7.92. The van der Waals surface area contributed by atoms with Gasteiger partial charge in [0.2, 0.25) is 0 Å². The molecule has 0 amide bonds. The van der Waals surface area contributed by atoms with E-state index in [2.05, 4.69) is 66.4 Å². The number of rotatable bonds is 4. The van der Waals surface area contributed by atoms with Crippen LogP contribution < -0.4 is 10.9 Å². The van der Waals surface area contributed by atoms with E-state index in [1.54, 1.807) is 23.6 Å². The standard InChI is InChI=1S/C13H8N2OS.C11H18N2S/c16-8-9-4-5-10-11(13-14-6-7-17-13)2-1-3-12(10)15-9;1-11(2,3)8-5-6-10(14)9(7-8)13-12-4/h1-8H;5-7,12-14H,1-4H3. The Kier molecular flexibility index (Phi) is 7.43. The molecule has 0 aliphatic carbocycles. The van der Waals surface area contributed by atoms with Crippen molar-refractivity contribution in [3.63, 3.8) is 0 Å². The average Bonchev–Trinajstić information content (AvgIpc) is 3.29. The maximum Gasteiger partial charge on any atom is 0.168 e. The zero-order valence-electron chi connectivity index (χ0n) is 18.0. The summed E-state index contributed by atoms with van der Waals surface area (Å²) >= 11 is 5.96. The highest BCUT2D eigenvalue weighted by molar-refractivity contribution is 7.80. The van der Waals surface area contributed by atoms with E-state index < -0.39 is 0 Å². The third kappa shape index (κ3) is 5.70. The van der Waals surface area contributed by atoms with E-state index in [1.165, 1.54) is 5.56 Å². The molecular formula is C24H26N4OS2. The molecule has 7 heteroatoms. The van der Waals surface area contributed by atoms with E-state index in [9.17, 15) is 4.79 Å². The van der Waals surface area contributed by atoms with E-state index in [-0.39, 0.29) is 5.41 Å². The van der Waals surface area contributed by atoms with Crippen LogP contribution in [0.15, 0.2) is 65.0 Å². The summed E-state index contributed by atoms with van der Waals surface area (Å²) in [5.74, 6) is 0. The molecule has 0 saturated heterocycles. The molecular weight excluding hydrogens is 424 g/mol. The normalized spacial score (nSPS) is 11.0. The predicted molar refractivity (Wildman–Crippen MR) is 133 cm³/mol. The number of hydrazine groups is 1. The number of thiazole rings is 1. The molecule has 0 aliphatic heterocycles. The van der Waals surface area contributed by atoms with Crippen LogP contribution in [0.25, 0.3) is 21.5 Å². The van der Waals surface area contributed by atoms with E-state index in [0.717, 1.165) is 38.3 Å². The van der Waals surface area contributed by atoms with Gasteiger partial charge in [-0.3, -0.25) is 4.79 Å². The Morgan fingerprint density at radius 2 is 1.90 bits per heavy atom. The molecule has 0 radical (unpaired) electrons. The second kappa shape index (κ2) is 10.0. The van der Waals surface area contributed by atoms with Crippen molar-refractivity contribution in [3.05, 3.63) is 71.4 Å². The third-order valence-corrected chi connectivity index (χ3v) is 5.86. The SMILES string of the molecule is CNNc1cc(C(C)(C)C)ccc1S.O=Cc1ccc2c(-c3nccs3)cccc2n1. The molecule has 31 heavy (non-hydrogen) atoms. The molecule has 2 aromatic carbocycles. The van der Waals surface area contributed by atoms with Gasteiger partial charge in [0.25, 0.3) is 0 Å². The predicted octanol–water partition coefficient (Wildman–Crippen LogP) is 5.99. The van der Waals surface area contributed by atoms with Crippen molar-refractivity contribution < 1.29 is 4.79 Å². The Labute approximate surface area is 192 Å². The fourth-order valence-corrected chi connectivity index (χ4v) is 3.89. The van der Waals surface area contributed by atoms with Crippen LogP contribution in [0.4, 0.5) is 5.69 Å². The molecule has 0 spiro atoms. The third-order valence-electron chi connectivity index (χ3n) is 4.66. The number of aldehydes is 1. The lowest BCUT2D eigenvalue weighted by Crippen LogP contribution is -2.17. The summed E-state index contributed by atoms with van der Waals surface area (Å²) in [6.45, 7) is 6.59. The number of nitrogens with one attached hydrogen (secondary N) is 2. The van der Waals surface area contributed by atoms with Gasteiger partial charge in [0.1, 0.15) is 10.7 Å². The molecule has 0 saturated carbocycles. The van der Waals surface area contributed by atoms with Crippen molar-refractivity contribution in [2.45, 2.75) is 31.1 Å². The first-order valence-corrected chi connectivity index (χ1v) is 11.2. The molecule has 0 aliphatic rings. The molecule has 5 nitrogen and oxygen atoms in total. The summed E-state index contributed by atoms with van der Waals surface area (Å²) in [5.41, 5.74) is 10.8. The molecule has 0 unspecified atom stereocenters. The smallest absolute Gasteiger partial charge is 0.168 e. The number of hydrogen-bond acceptors (Lipinski definition) is 7. The monoisotopic (exact) mass is 450 g/mol. The van der Waals surface area contributed by atoms with Crippen molar-refractivity contribution in [2.24, 2.45) is 0 Å². The first-order chi connectivity index (χ1) is 14.8. The average molecular weight is 451 g/mol. The molecule has 0 atom stereocenters. The van der Waals surface area contributed by atoms with Crippen LogP contribution in [0.5, 0.6) is 0 Å². The maximum atomic E-state index is 10.7. The quantitative estimate of drug-likeness (QED) is 0.202. The van der Waals surface area contributed by atoms with Crippen LogP contribution >= 0.6 is 24.0 Å². The van der Waals surface area contributed by atoms with Gasteiger partial charge in [0, 0.05) is 34.5 Å². The minimum atomic E-state index is 0.172. The summed E-state index contributed by atoms with van der Waals surface area (Å²) in [6, 6.07) is 15.8. The molecule has 0 fully saturated rings. The highest BCUT2D eigenvalue weighted by atomic mass is 32.1. The molecule has 4 aromatic rings. The Hall–Kier alpha value is -2.74. The van der Waals surface area contributed by atoms with Gasteiger partial charge in [-0.05, 0) is 41.3 Å². The highest BCUT2D eigenvalue weighted by Crippen LogP contribution is 2.29. The molecule has 160 valence electrons. The fourth-order valence-electron chi connectivity index (χ4n) is 3.02. The Balaban J connectivity index is 0.000000180. The fraction of sp³-hybridized carbons (Fsp3) is 0.208. The van der Waals surface area contributed by atoms with Gasteiger partial charge in [-0.25, -0.2) is 15.4 Å². The van der Waals surface area contributed by atoms with Crippen LogP contribution in [0, 0.1) is 0 Å². The first-order valence-electron chi connectivity index (χ1n) is 9.84. The molecule has 0 bridgehead atoms. The number of hydrogen-bond donors (Lipinski definition) is 3. The Morgan fingerprint density at radius 3 is 2.55 bits per heavy atom. The number of benzene rings is 2. The van der Waals surface area contributed by atoms with Crippen LogP contribution in [0.1, 0.15) is 36.8 Å². The number of pyridine rings is 1. The van der Waals surface area contributed by atoms with Crippen LogP contribution in [-0.2, 0) is 5.41 Å².